The van der Waals surface area contributed by atoms with Gasteiger partial charge >= 0.3 is 11.9 Å². The van der Waals surface area contributed by atoms with Gasteiger partial charge in [0.1, 0.15) is 34.6 Å². The maximum atomic E-state index is 13.2. The molecule has 0 spiro atoms. The number of rotatable bonds is 41. The Morgan fingerprint density at radius 3 is 1.09 bits per heavy atom. The summed E-state index contributed by atoms with van der Waals surface area (Å²) in [5.41, 5.74) is -0.191. The Morgan fingerprint density at radius 2 is 0.768 bits per heavy atom. The number of carbonyl (C=O) groups excluding carboxylic acids is 2. The molecular formula is C66H94N8O8. The largest absolute Gasteiger partial charge is 0.493 e. The van der Waals surface area contributed by atoms with Crippen LogP contribution in [0.2, 0.25) is 0 Å². The van der Waals surface area contributed by atoms with Gasteiger partial charge in [0, 0.05) is 25.2 Å². The number of hydrogen-bond acceptors (Lipinski definition) is 14. The maximum absolute atomic E-state index is 13.2. The average molecular weight is 1130 g/mol. The maximum Gasteiger partial charge on any atom is 0.340 e. The summed E-state index contributed by atoms with van der Waals surface area (Å²) < 4.78 is 13.2. The zero-order valence-corrected chi connectivity index (χ0v) is 50.3. The minimum absolute atomic E-state index is 0.0662. The zero-order chi connectivity index (χ0) is 59.5. The van der Waals surface area contributed by atoms with Crippen molar-refractivity contribution in [3.05, 3.63) is 103 Å². The third-order valence-corrected chi connectivity index (χ3v) is 16.0. The van der Waals surface area contributed by atoms with Gasteiger partial charge in [0.05, 0.1) is 24.3 Å². The Hall–Kier alpha value is -6.94. The Labute approximate surface area is 488 Å². The molecule has 2 N–H and O–H groups in total. The predicted octanol–water partition coefficient (Wildman–Crippen LogP) is 17.7. The van der Waals surface area contributed by atoms with Crippen LogP contribution in [0, 0.1) is 48.3 Å². The predicted molar refractivity (Wildman–Crippen MR) is 324 cm³/mol. The fraction of sp³-hybridized carbons (Fsp3) is 0.606. The zero-order valence-electron chi connectivity index (χ0n) is 50.3. The second-order valence-corrected chi connectivity index (χ2v) is 22.2. The van der Waals surface area contributed by atoms with E-state index in [1.165, 1.54) is 169 Å². The number of aromatic hydroxyl groups is 2. The number of aromatic nitrogens is 2. The Kier molecular flexibility index (Phi) is 31.9. The first-order valence-electron chi connectivity index (χ1n) is 30.8. The number of hydrogen-bond donors (Lipinski definition) is 2. The summed E-state index contributed by atoms with van der Waals surface area (Å²) >= 11 is 0. The second kappa shape index (κ2) is 38.7. The van der Waals surface area contributed by atoms with E-state index in [4.69, 9.17) is 9.47 Å². The molecule has 16 nitrogen and oxygen atoms in total. The summed E-state index contributed by atoms with van der Waals surface area (Å²) in [7, 11) is 2.70. The molecule has 2 atom stereocenters. The molecule has 0 amide bonds. The highest BCUT2D eigenvalue weighted by Crippen LogP contribution is 2.35. The highest BCUT2D eigenvalue weighted by atomic mass is 16.5. The molecule has 0 radical (unpaired) electrons. The van der Waals surface area contributed by atoms with Crippen molar-refractivity contribution in [2.75, 3.05) is 13.2 Å². The summed E-state index contributed by atoms with van der Waals surface area (Å²) in [5.74, 6) is -0.406. The standard InChI is InChI=1S/C66H94N8O8/c1-7-9-11-13-15-21-27-37-51(39-29-23-17-19-25-35-45-81-65(79)53-41-31-33-43-57(53)69-71-59-49(3)55(47-67)61(75)73(5)63(59)77)52(38-28-22-16-14-12-10-8-2)40-30-24-18-20-26-36-46-82-66(80)54-42-32-34-44-58(54)70-72-60-50(4)56(48-68)62(76)74(6)64(60)78/h31-34,41-44,51-52,75-76H,7-30,35-40,45-46H2,1-6H3. The van der Waals surface area contributed by atoms with Crippen molar-refractivity contribution in [3.63, 3.8) is 0 Å². The summed E-state index contributed by atoms with van der Waals surface area (Å²) in [6, 6.07) is 17.1. The number of unbranched alkanes of at least 4 members (excludes halogenated alkanes) is 22. The molecule has 0 fully saturated rings. The molecule has 0 aliphatic heterocycles. The Bertz CT molecular complexity index is 2680. The Morgan fingerprint density at radius 1 is 0.476 bits per heavy atom. The van der Waals surface area contributed by atoms with Gasteiger partial charge < -0.3 is 19.7 Å². The molecule has 0 saturated carbocycles. The molecule has 2 unspecified atom stereocenters. The molecule has 2 aromatic carbocycles. The van der Waals surface area contributed by atoms with Crippen LogP contribution in [0.1, 0.15) is 249 Å². The lowest BCUT2D eigenvalue weighted by molar-refractivity contribution is 0.0489. The van der Waals surface area contributed by atoms with Gasteiger partial charge in [-0.2, -0.15) is 10.5 Å². The van der Waals surface area contributed by atoms with Gasteiger partial charge in [-0.05, 0) is 62.8 Å². The first-order chi connectivity index (χ1) is 39.8. The van der Waals surface area contributed by atoms with E-state index < -0.39 is 34.8 Å². The number of carbonyl (C=O) groups is 2. The molecule has 4 aromatic rings. The normalized spacial score (nSPS) is 12.2. The van der Waals surface area contributed by atoms with Crippen molar-refractivity contribution in [1.29, 1.82) is 10.5 Å². The van der Waals surface area contributed by atoms with Crippen LogP contribution in [-0.2, 0) is 23.6 Å². The fourth-order valence-electron chi connectivity index (χ4n) is 10.8. The number of pyridine rings is 2. The molecule has 0 aliphatic carbocycles. The van der Waals surface area contributed by atoms with Gasteiger partial charge in [-0.25, -0.2) is 9.59 Å². The van der Waals surface area contributed by atoms with Crippen LogP contribution >= 0.6 is 0 Å². The molecule has 82 heavy (non-hydrogen) atoms. The van der Waals surface area contributed by atoms with Crippen molar-refractivity contribution < 1.29 is 29.3 Å². The first kappa shape index (κ1) is 67.6. The highest BCUT2D eigenvalue weighted by molar-refractivity contribution is 5.95. The van der Waals surface area contributed by atoms with Gasteiger partial charge in [0.15, 0.2) is 11.4 Å². The van der Waals surface area contributed by atoms with Crippen molar-refractivity contribution in [2.45, 2.75) is 220 Å². The van der Waals surface area contributed by atoms with E-state index in [9.17, 15) is 39.9 Å². The minimum atomic E-state index is -0.610. The van der Waals surface area contributed by atoms with E-state index in [0.717, 1.165) is 72.3 Å². The molecule has 446 valence electrons. The molecule has 0 aliphatic rings. The average Bonchev–Trinajstić information content (AvgIpc) is 3.64. The van der Waals surface area contributed by atoms with Crippen molar-refractivity contribution >= 4 is 34.7 Å². The smallest absolute Gasteiger partial charge is 0.340 e. The Balaban J connectivity index is 1.24. The minimum Gasteiger partial charge on any atom is -0.493 e. The van der Waals surface area contributed by atoms with Crippen molar-refractivity contribution in [1.82, 2.24) is 9.13 Å². The van der Waals surface area contributed by atoms with Crippen LogP contribution in [-0.4, -0.2) is 44.5 Å². The molecule has 0 saturated heterocycles. The summed E-state index contributed by atoms with van der Waals surface area (Å²) in [6.45, 7) is 8.18. The van der Waals surface area contributed by atoms with Gasteiger partial charge in [-0.3, -0.25) is 18.7 Å². The molecule has 2 heterocycles. The third-order valence-electron chi connectivity index (χ3n) is 16.0. The monoisotopic (exact) mass is 1130 g/mol. The SMILES string of the molecule is CCCCCCCCCC(CCCCCCCCOC(=O)c1ccccc1N=Nc1c(C)c(C#N)c(O)n(C)c1=O)C(CCCCCCCCC)CCCCCCCCOC(=O)c1ccccc1N=Nc1c(C)c(C#N)c(O)n(C)c1=O. The molecule has 0 bridgehead atoms. The van der Waals surface area contributed by atoms with Crippen LogP contribution < -0.4 is 11.1 Å². The molecule has 2 aromatic heterocycles. The summed E-state index contributed by atoms with van der Waals surface area (Å²) in [4.78, 5) is 52.0. The van der Waals surface area contributed by atoms with Crippen molar-refractivity contribution in [2.24, 2.45) is 46.4 Å². The van der Waals surface area contributed by atoms with Crippen LogP contribution in [0.5, 0.6) is 11.8 Å². The number of azo groups is 2. The number of benzene rings is 2. The summed E-state index contributed by atoms with van der Waals surface area (Å²) in [5, 5.41) is 56.1. The number of nitriles is 2. The van der Waals surface area contributed by atoms with E-state index in [1.807, 2.05) is 12.1 Å². The molecule has 4 rings (SSSR count). The third kappa shape index (κ3) is 22.1. The highest BCUT2D eigenvalue weighted by Gasteiger charge is 2.23. The quantitative estimate of drug-likeness (QED) is 0.0242. The van der Waals surface area contributed by atoms with Crippen LogP contribution in [0.15, 0.2) is 78.6 Å². The van der Waals surface area contributed by atoms with E-state index in [2.05, 4.69) is 34.3 Å². The van der Waals surface area contributed by atoms with Crippen LogP contribution in [0.25, 0.3) is 0 Å². The number of ether oxygens (including phenoxy) is 2. The topological polar surface area (TPSA) is 234 Å². The van der Waals surface area contributed by atoms with Gasteiger partial charge in [-0.1, -0.05) is 218 Å². The van der Waals surface area contributed by atoms with Crippen molar-refractivity contribution in [3.8, 4) is 23.9 Å². The lowest BCUT2D eigenvalue weighted by atomic mass is 9.78. The molecule has 16 heteroatoms. The van der Waals surface area contributed by atoms with Crippen LogP contribution in [0.4, 0.5) is 22.7 Å². The lowest BCUT2D eigenvalue weighted by Gasteiger charge is -2.28. The van der Waals surface area contributed by atoms with E-state index >= 15 is 0 Å². The van der Waals surface area contributed by atoms with Gasteiger partial charge in [-0.15, -0.1) is 20.5 Å². The number of esters is 2. The summed E-state index contributed by atoms with van der Waals surface area (Å²) in [6.07, 6.45) is 36.6. The number of nitrogens with zero attached hydrogens (tertiary/aromatic N) is 8. The lowest BCUT2D eigenvalue weighted by Crippen LogP contribution is -2.18. The van der Waals surface area contributed by atoms with E-state index in [-0.39, 0.29) is 56.1 Å². The molecular weight excluding hydrogens is 1030 g/mol. The van der Waals surface area contributed by atoms with Gasteiger partial charge in [0.2, 0.25) is 11.8 Å². The van der Waals surface area contributed by atoms with Crippen LogP contribution in [0.3, 0.4) is 0 Å². The van der Waals surface area contributed by atoms with Gasteiger partial charge in [0.25, 0.3) is 11.1 Å². The fourth-order valence-corrected chi connectivity index (χ4v) is 10.8. The second-order valence-electron chi connectivity index (χ2n) is 22.2. The van der Waals surface area contributed by atoms with E-state index in [0.29, 0.717) is 13.2 Å². The van der Waals surface area contributed by atoms with E-state index in [1.54, 1.807) is 48.5 Å². The first-order valence-corrected chi connectivity index (χ1v) is 30.8.